The quantitative estimate of drug-likeness (QED) is 0.678. The van der Waals surface area contributed by atoms with Crippen molar-refractivity contribution in [3.8, 4) is 0 Å². The summed E-state index contributed by atoms with van der Waals surface area (Å²) in [4.78, 5) is 2.36. The lowest BCUT2D eigenvalue weighted by Crippen LogP contribution is -2.56. The SMILES string of the molecule is C[C@]12CC[C@H](O)CC1=CC=C1[C@@H]2CC[C@@]2(C)[C@H]1CC[C@@]2(O)CN1CCC[C@H]1CO. The first-order valence-electron chi connectivity index (χ1n) is 12.0. The van der Waals surface area contributed by atoms with Crippen LogP contribution in [-0.4, -0.2) is 57.7 Å². The monoisotopic (exact) mass is 401 g/mol. The number of rotatable bonds is 3. The van der Waals surface area contributed by atoms with Crippen LogP contribution in [-0.2, 0) is 0 Å². The molecule has 3 N–H and O–H groups in total. The summed E-state index contributed by atoms with van der Waals surface area (Å²) in [6, 6.07) is 0.227. The van der Waals surface area contributed by atoms with Gasteiger partial charge in [-0.1, -0.05) is 37.1 Å². The van der Waals surface area contributed by atoms with Crippen LogP contribution in [0.3, 0.4) is 0 Å². The Hall–Kier alpha value is -0.680. The molecule has 4 aliphatic carbocycles. The maximum absolute atomic E-state index is 11.9. The lowest BCUT2D eigenvalue weighted by molar-refractivity contribution is -0.105. The summed E-state index contributed by atoms with van der Waals surface area (Å²) in [5.41, 5.74) is 2.49. The number of likely N-dealkylation sites (tertiary alicyclic amines) is 1. The number of hydrogen-bond acceptors (Lipinski definition) is 4. The minimum absolute atomic E-state index is 0.0756. The molecular weight excluding hydrogens is 362 g/mol. The Morgan fingerprint density at radius 1 is 1.03 bits per heavy atom. The first-order chi connectivity index (χ1) is 13.8. The molecule has 4 fully saturated rings. The lowest BCUT2D eigenvalue weighted by atomic mass is 9.50. The third kappa shape index (κ3) is 2.86. The van der Waals surface area contributed by atoms with Crippen molar-refractivity contribution in [2.75, 3.05) is 19.7 Å². The average molecular weight is 402 g/mol. The molecule has 162 valence electrons. The number of allylic oxidation sites excluding steroid dienone is 3. The molecule has 1 heterocycles. The van der Waals surface area contributed by atoms with Crippen LogP contribution < -0.4 is 0 Å². The highest BCUT2D eigenvalue weighted by molar-refractivity contribution is 5.39. The molecule has 0 aromatic carbocycles. The third-order valence-electron chi connectivity index (χ3n) is 10.0. The molecule has 29 heavy (non-hydrogen) atoms. The molecule has 4 heteroatoms. The fourth-order valence-corrected chi connectivity index (χ4v) is 8.00. The molecular formula is C25H39NO3. The van der Waals surface area contributed by atoms with Crippen molar-refractivity contribution in [3.05, 3.63) is 23.3 Å². The second-order valence-corrected chi connectivity index (χ2v) is 11.3. The molecule has 0 aromatic heterocycles. The number of nitrogens with zero attached hydrogens (tertiary/aromatic N) is 1. The van der Waals surface area contributed by atoms with Crippen LogP contribution in [0.15, 0.2) is 23.3 Å². The van der Waals surface area contributed by atoms with Crippen LogP contribution in [0.25, 0.3) is 0 Å². The van der Waals surface area contributed by atoms with Crippen molar-refractivity contribution >= 4 is 0 Å². The van der Waals surface area contributed by atoms with Gasteiger partial charge in [0.1, 0.15) is 0 Å². The maximum Gasteiger partial charge on any atom is 0.0833 e. The van der Waals surface area contributed by atoms with Crippen molar-refractivity contribution in [1.82, 2.24) is 4.90 Å². The normalized spacial score (nSPS) is 49.8. The molecule has 0 amide bonds. The maximum atomic E-state index is 11.9. The van der Waals surface area contributed by atoms with Crippen molar-refractivity contribution in [3.63, 3.8) is 0 Å². The van der Waals surface area contributed by atoms with E-state index >= 15 is 0 Å². The van der Waals surface area contributed by atoms with Crippen LogP contribution in [0.2, 0.25) is 0 Å². The number of hydrogen-bond donors (Lipinski definition) is 3. The highest BCUT2D eigenvalue weighted by Crippen LogP contribution is 2.66. The van der Waals surface area contributed by atoms with Crippen molar-refractivity contribution in [1.29, 1.82) is 0 Å². The van der Waals surface area contributed by atoms with Crippen LogP contribution >= 0.6 is 0 Å². The highest BCUT2D eigenvalue weighted by atomic mass is 16.3. The Balaban J connectivity index is 1.43. The Morgan fingerprint density at radius 3 is 2.62 bits per heavy atom. The van der Waals surface area contributed by atoms with Gasteiger partial charge in [-0.2, -0.15) is 0 Å². The molecule has 0 aromatic rings. The minimum atomic E-state index is -0.658. The summed E-state index contributed by atoms with van der Waals surface area (Å²) in [5.74, 6) is 1.04. The fourth-order valence-electron chi connectivity index (χ4n) is 8.00. The van der Waals surface area contributed by atoms with Gasteiger partial charge in [-0.15, -0.1) is 0 Å². The summed E-state index contributed by atoms with van der Waals surface area (Å²) >= 11 is 0. The number of β-amino-alcohol motifs (C(OH)–C–C–N with tert-alkyl or cyclic N) is 1. The summed E-state index contributed by atoms with van der Waals surface area (Å²) in [7, 11) is 0. The molecule has 0 bridgehead atoms. The van der Waals surface area contributed by atoms with Crippen molar-refractivity contribution in [2.24, 2.45) is 22.7 Å². The van der Waals surface area contributed by atoms with E-state index in [4.69, 9.17) is 0 Å². The number of aliphatic hydroxyl groups excluding tert-OH is 2. The van der Waals surface area contributed by atoms with E-state index in [9.17, 15) is 15.3 Å². The second-order valence-electron chi connectivity index (χ2n) is 11.3. The van der Waals surface area contributed by atoms with E-state index in [1.54, 1.807) is 5.57 Å². The zero-order valence-corrected chi connectivity index (χ0v) is 18.2. The van der Waals surface area contributed by atoms with Gasteiger partial charge in [-0.05, 0) is 81.6 Å². The van der Waals surface area contributed by atoms with Gasteiger partial charge in [0, 0.05) is 18.0 Å². The van der Waals surface area contributed by atoms with E-state index in [0.717, 1.165) is 64.3 Å². The van der Waals surface area contributed by atoms with Crippen LogP contribution in [0.4, 0.5) is 0 Å². The first kappa shape index (κ1) is 20.2. The molecule has 7 atom stereocenters. The summed E-state index contributed by atoms with van der Waals surface area (Å²) in [6.07, 6.45) is 13.7. The van der Waals surface area contributed by atoms with E-state index in [-0.39, 0.29) is 29.6 Å². The van der Waals surface area contributed by atoms with Crippen molar-refractivity contribution < 1.29 is 15.3 Å². The number of fused-ring (bicyclic) bond motifs is 5. The Morgan fingerprint density at radius 2 is 1.83 bits per heavy atom. The van der Waals surface area contributed by atoms with E-state index < -0.39 is 5.60 Å². The van der Waals surface area contributed by atoms with Gasteiger partial charge in [0.15, 0.2) is 0 Å². The minimum Gasteiger partial charge on any atom is -0.395 e. The lowest BCUT2D eigenvalue weighted by Gasteiger charge is -2.56. The summed E-state index contributed by atoms with van der Waals surface area (Å²) in [5, 5.41) is 31.9. The zero-order chi connectivity index (χ0) is 20.4. The summed E-state index contributed by atoms with van der Waals surface area (Å²) in [6.45, 7) is 6.71. The van der Waals surface area contributed by atoms with Gasteiger partial charge in [0.05, 0.1) is 18.3 Å². The predicted molar refractivity (Wildman–Crippen MR) is 114 cm³/mol. The largest absolute Gasteiger partial charge is 0.395 e. The first-order valence-corrected chi connectivity index (χ1v) is 12.0. The molecule has 0 radical (unpaired) electrons. The van der Waals surface area contributed by atoms with Gasteiger partial charge >= 0.3 is 0 Å². The van der Waals surface area contributed by atoms with Crippen LogP contribution in [0.1, 0.15) is 71.6 Å². The van der Waals surface area contributed by atoms with Crippen molar-refractivity contribution in [2.45, 2.75) is 89.4 Å². The molecule has 0 spiro atoms. The van der Waals surface area contributed by atoms with Gasteiger partial charge in [0.2, 0.25) is 0 Å². The van der Waals surface area contributed by atoms with E-state index in [2.05, 4.69) is 30.9 Å². The Bertz CT molecular complexity index is 732. The molecule has 1 saturated heterocycles. The van der Waals surface area contributed by atoms with Gasteiger partial charge < -0.3 is 15.3 Å². The van der Waals surface area contributed by atoms with E-state index in [0.29, 0.717) is 18.4 Å². The summed E-state index contributed by atoms with van der Waals surface area (Å²) < 4.78 is 0. The highest BCUT2D eigenvalue weighted by Gasteiger charge is 2.62. The molecule has 5 rings (SSSR count). The fraction of sp³-hybridized carbons (Fsp3) is 0.840. The Labute approximate surface area is 175 Å². The van der Waals surface area contributed by atoms with Gasteiger partial charge in [-0.25, -0.2) is 0 Å². The molecule has 5 aliphatic rings. The average Bonchev–Trinajstić information content (AvgIpc) is 3.24. The van der Waals surface area contributed by atoms with E-state index in [1.165, 1.54) is 5.57 Å². The van der Waals surface area contributed by atoms with Gasteiger partial charge in [-0.3, -0.25) is 4.90 Å². The van der Waals surface area contributed by atoms with Gasteiger partial charge in [0.25, 0.3) is 0 Å². The standard InChI is InChI=1S/C25H39NO3/c1-23-10-7-19(28)14-17(23)5-6-20-21(23)8-11-24(2)22(20)9-12-25(24,29)16-26-13-3-4-18(26)15-27/h5-6,18-19,21-22,27-29H,3-4,7-16H2,1-2H3/t18-,19-,21-,22-,23-,24-,25+/m0/s1. The predicted octanol–water partition coefficient (Wildman–Crippen LogP) is 3.42. The topological polar surface area (TPSA) is 63.9 Å². The molecule has 1 aliphatic heterocycles. The third-order valence-corrected chi connectivity index (χ3v) is 10.0. The molecule has 3 saturated carbocycles. The number of aliphatic hydroxyl groups is 3. The zero-order valence-electron chi connectivity index (χ0n) is 18.2. The van der Waals surface area contributed by atoms with E-state index in [1.807, 2.05) is 0 Å². The second kappa shape index (κ2) is 6.91. The van der Waals surface area contributed by atoms with Crippen LogP contribution in [0, 0.1) is 22.7 Å². The van der Waals surface area contributed by atoms with Crippen LogP contribution in [0.5, 0.6) is 0 Å². The molecule has 4 nitrogen and oxygen atoms in total. The smallest absolute Gasteiger partial charge is 0.0833 e. The molecule has 0 unspecified atom stereocenters. The Kier molecular flexibility index (Phi) is 4.82.